The van der Waals surface area contributed by atoms with Gasteiger partial charge in [0.25, 0.3) is 5.91 Å². The van der Waals surface area contributed by atoms with Crippen LogP contribution in [0.5, 0.6) is 0 Å². The molecule has 120 valence electrons. The SMILES string of the molecule is NS(=O)(=O)c1cc(Cl)cc(C(=O)Nc2ccc3c(c2)CNC3)c1. The summed E-state index contributed by atoms with van der Waals surface area (Å²) in [6, 6.07) is 9.42. The second-order valence-corrected chi connectivity index (χ2v) is 7.26. The van der Waals surface area contributed by atoms with Gasteiger partial charge in [-0.15, -0.1) is 0 Å². The number of fused-ring (bicyclic) bond motifs is 1. The van der Waals surface area contributed by atoms with Crippen molar-refractivity contribution >= 4 is 33.2 Å². The summed E-state index contributed by atoms with van der Waals surface area (Å²) in [5, 5.41) is 11.2. The number of amides is 1. The van der Waals surface area contributed by atoms with Crippen molar-refractivity contribution in [2.24, 2.45) is 5.14 Å². The molecule has 8 heteroatoms. The van der Waals surface area contributed by atoms with Gasteiger partial charge < -0.3 is 10.6 Å². The van der Waals surface area contributed by atoms with Crippen LogP contribution in [0.25, 0.3) is 0 Å². The van der Waals surface area contributed by atoms with Gasteiger partial charge in [0, 0.05) is 29.4 Å². The summed E-state index contributed by atoms with van der Waals surface area (Å²) in [6.07, 6.45) is 0. The van der Waals surface area contributed by atoms with Crippen LogP contribution in [0, 0.1) is 0 Å². The van der Waals surface area contributed by atoms with Crippen molar-refractivity contribution in [1.82, 2.24) is 5.32 Å². The normalized spacial score (nSPS) is 13.7. The molecule has 0 aromatic heterocycles. The van der Waals surface area contributed by atoms with Gasteiger partial charge in [-0.2, -0.15) is 0 Å². The Morgan fingerprint density at radius 2 is 1.87 bits per heavy atom. The molecule has 4 N–H and O–H groups in total. The summed E-state index contributed by atoms with van der Waals surface area (Å²) in [6.45, 7) is 1.57. The molecule has 0 fully saturated rings. The first-order chi connectivity index (χ1) is 10.8. The minimum Gasteiger partial charge on any atom is -0.322 e. The van der Waals surface area contributed by atoms with Gasteiger partial charge in [0.1, 0.15) is 0 Å². The quantitative estimate of drug-likeness (QED) is 0.785. The number of anilines is 1. The molecule has 2 aromatic carbocycles. The van der Waals surface area contributed by atoms with Crippen molar-refractivity contribution in [1.29, 1.82) is 0 Å². The smallest absolute Gasteiger partial charge is 0.255 e. The molecular formula is C15H14ClN3O3S. The van der Waals surface area contributed by atoms with Crippen molar-refractivity contribution in [2.45, 2.75) is 18.0 Å². The van der Waals surface area contributed by atoms with E-state index in [0.717, 1.165) is 18.7 Å². The van der Waals surface area contributed by atoms with E-state index in [2.05, 4.69) is 10.6 Å². The fourth-order valence-corrected chi connectivity index (χ4v) is 3.32. The van der Waals surface area contributed by atoms with E-state index in [4.69, 9.17) is 16.7 Å². The van der Waals surface area contributed by atoms with Crippen LogP contribution >= 0.6 is 11.6 Å². The number of rotatable bonds is 3. The number of hydrogen-bond donors (Lipinski definition) is 3. The van der Waals surface area contributed by atoms with Crippen LogP contribution in [0.1, 0.15) is 21.5 Å². The predicted molar refractivity (Wildman–Crippen MR) is 87.8 cm³/mol. The van der Waals surface area contributed by atoms with E-state index < -0.39 is 15.9 Å². The Hall–Kier alpha value is -1.93. The van der Waals surface area contributed by atoms with Crippen LogP contribution in [0.4, 0.5) is 5.69 Å². The fraction of sp³-hybridized carbons (Fsp3) is 0.133. The summed E-state index contributed by atoms with van der Waals surface area (Å²) in [5.74, 6) is -0.455. The number of sulfonamides is 1. The third-order valence-electron chi connectivity index (χ3n) is 3.56. The highest BCUT2D eigenvalue weighted by Gasteiger charge is 2.16. The second kappa shape index (κ2) is 5.93. The molecule has 0 aliphatic carbocycles. The average molecular weight is 352 g/mol. The molecule has 1 heterocycles. The zero-order valence-electron chi connectivity index (χ0n) is 12.0. The molecule has 0 atom stereocenters. The first-order valence-corrected chi connectivity index (χ1v) is 8.72. The molecule has 6 nitrogen and oxygen atoms in total. The van der Waals surface area contributed by atoms with Crippen molar-refractivity contribution in [3.8, 4) is 0 Å². The lowest BCUT2D eigenvalue weighted by atomic mass is 10.1. The van der Waals surface area contributed by atoms with E-state index in [-0.39, 0.29) is 15.5 Å². The monoisotopic (exact) mass is 351 g/mol. The van der Waals surface area contributed by atoms with E-state index in [0.29, 0.717) is 5.69 Å². The summed E-state index contributed by atoms with van der Waals surface area (Å²) < 4.78 is 22.9. The van der Waals surface area contributed by atoms with Gasteiger partial charge in [-0.3, -0.25) is 4.79 Å². The molecule has 1 amide bonds. The molecule has 0 saturated carbocycles. The van der Waals surface area contributed by atoms with Crippen LogP contribution in [0.15, 0.2) is 41.3 Å². The third kappa shape index (κ3) is 3.53. The van der Waals surface area contributed by atoms with Gasteiger partial charge >= 0.3 is 0 Å². The number of hydrogen-bond acceptors (Lipinski definition) is 4. The van der Waals surface area contributed by atoms with Crippen LogP contribution in [0.3, 0.4) is 0 Å². The average Bonchev–Trinajstić information content (AvgIpc) is 2.93. The van der Waals surface area contributed by atoms with Crippen LogP contribution in [-0.2, 0) is 23.1 Å². The number of nitrogens with two attached hydrogens (primary N) is 1. The number of benzene rings is 2. The Bertz CT molecular complexity index is 897. The number of carbonyl (C=O) groups is 1. The maximum Gasteiger partial charge on any atom is 0.255 e. The van der Waals surface area contributed by atoms with Crippen LogP contribution in [0.2, 0.25) is 5.02 Å². The highest BCUT2D eigenvalue weighted by molar-refractivity contribution is 7.89. The topological polar surface area (TPSA) is 101 Å². The lowest BCUT2D eigenvalue weighted by Gasteiger charge is -2.09. The van der Waals surface area contributed by atoms with Crippen molar-refractivity contribution in [3.63, 3.8) is 0 Å². The predicted octanol–water partition coefficient (Wildman–Crippen LogP) is 1.84. The van der Waals surface area contributed by atoms with Crippen LogP contribution in [-0.4, -0.2) is 14.3 Å². The summed E-state index contributed by atoms with van der Waals surface area (Å²) in [7, 11) is -3.93. The molecule has 0 bridgehead atoms. The zero-order chi connectivity index (χ0) is 16.6. The van der Waals surface area contributed by atoms with Crippen molar-refractivity contribution < 1.29 is 13.2 Å². The number of primary sulfonamides is 1. The molecule has 0 spiro atoms. The molecule has 0 radical (unpaired) electrons. The van der Waals surface area contributed by atoms with Gasteiger partial charge in [-0.05, 0) is 41.5 Å². The van der Waals surface area contributed by atoms with E-state index in [1.165, 1.54) is 23.8 Å². The number of halogens is 1. The van der Waals surface area contributed by atoms with Gasteiger partial charge in [0.05, 0.1) is 4.90 Å². The van der Waals surface area contributed by atoms with E-state index in [1.54, 1.807) is 6.07 Å². The fourth-order valence-electron chi connectivity index (χ4n) is 2.43. The molecule has 23 heavy (non-hydrogen) atoms. The summed E-state index contributed by atoms with van der Waals surface area (Å²) >= 11 is 5.87. The molecule has 3 rings (SSSR count). The Morgan fingerprint density at radius 1 is 1.13 bits per heavy atom. The second-order valence-electron chi connectivity index (χ2n) is 5.26. The van der Waals surface area contributed by atoms with Gasteiger partial charge in [-0.1, -0.05) is 17.7 Å². The number of carbonyl (C=O) groups excluding carboxylic acids is 1. The third-order valence-corrected chi connectivity index (χ3v) is 4.67. The molecular weight excluding hydrogens is 338 g/mol. The minimum absolute atomic E-state index is 0.125. The highest BCUT2D eigenvalue weighted by atomic mass is 35.5. The van der Waals surface area contributed by atoms with Crippen LogP contribution < -0.4 is 15.8 Å². The minimum atomic E-state index is -3.93. The lowest BCUT2D eigenvalue weighted by molar-refractivity contribution is 0.102. The Morgan fingerprint density at radius 3 is 2.61 bits per heavy atom. The van der Waals surface area contributed by atoms with Crippen molar-refractivity contribution in [3.05, 3.63) is 58.1 Å². The molecule has 0 unspecified atom stereocenters. The van der Waals surface area contributed by atoms with E-state index in [9.17, 15) is 13.2 Å². The maximum absolute atomic E-state index is 12.3. The van der Waals surface area contributed by atoms with Gasteiger partial charge in [0.2, 0.25) is 10.0 Å². The Labute approximate surface area is 138 Å². The van der Waals surface area contributed by atoms with Gasteiger partial charge in [0.15, 0.2) is 0 Å². The molecule has 1 aliphatic heterocycles. The lowest BCUT2D eigenvalue weighted by Crippen LogP contribution is -2.16. The maximum atomic E-state index is 12.3. The largest absolute Gasteiger partial charge is 0.322 e. The Kier molecular flexibility index (Phi) is 4.11. The first-order valence-electron chi connectivity index (χ1n) is 6.80. The van der Waals surface area contributed by atoms with Crippen molar-refractivity contribution in [2.75, 3.05) is 5.32 Å². The summed E-state index contributed by atoms with van der Waals surface area (Å²) in [4.78, 5) is 12.1. The zero-order valence-corrected chi connectivity index (χ0v) is 13.5. The molecule has 1 aliphatic rings. The Balaban J connectivity index is 1.88. The van der Waals surface area contributed by atoms with E-state index in [1.807, 2.05) is 12.1 Å². The standard InChI is InChI=1S/C15H14ClN3O3S/c16-12-3-10(5-14(6-12)23(17,21)22)15(20)19-13-2-1-9-7-18-8-11(9)4-13/h1-6,18H,7-8H2,(H,19,20)(H2,17,21,22). The molecule has 0 saturated heterocycles. The van der Waals surface area contributed by atoms with E-state index >= 15 is 0 Å². The van der Waals surface area contributed by atoms with Gasteiger partial charge in [-0.25, -0.2) is 13.6 Å². The number of nitrogens with one attached hydrogen (secondary N) is 2. The highest BCUT2D eigenvalue weighted by Crippen LogP contribution is 2.22. The summed E-state index contributed by atoms with van der Waals surface area (Å²) in [5.41, 5.74) is 3.08. The molecule has 2 aromatic rings. The first kappa shape index (κ1) is 15.9.